The van der Waals surface area contributed by atoms with E-state index in [0.717, 1.165) is 41.6 Å². The van der Waals surface area contributed by atoms with Gasteiger partial charge in [-0.3, -0.25) is 4.79 Å². The minimum atomic E-state index is 0.790. The number of aromatic nitrogens is 1. The van der Waals surface area contributed by atoms with Crippen LogP contribution in [0.4, 0.5) is 0 Å². The van der Waals surface area contributed by atoms with Crippen molar-refractivity contribution in [3.05, 3.63) is 45.2 Å². The fourth-order valence-electron chi connectivity index (χ4n) is 2.33. The van der Waals surface area contributed by atoms with Crippen molar-refractivity contribution >= 4 is 50.8 Å². The Labute approximate surface area is 142 Å². The van der Waals surface area contributed by atoms with Crippen molar-refractivity contribution in [3.63, 3.8) is 0 Å². The van der Waals surface area contributed by atoms with E-state index in [-0.39, 0.29) is 0 Å². The predicted octanol–water partition coefficient (Wildman–Crippen LogP) is 5.46. The summed E-state index contributed by atoms with van der Waals surface area (Å²) in [6.07, 6.45) is 4.17. The maximum Gasteiger partial charge on any atom is 0.151 e. The maximum atomic E-state index is 11.1. The highest BCUT2D eigenvalue weighted by Gasteiger charge is 2.08. The molecule has 0 saturated carbocycles. The molecule has 0 N–H and O–H groups in total. The molecule has 0 bridgehead atoms. The van der Waals surface area contributed by atoms with Gasteiger partial charge in [-0.1, -0.05) is 6.92 Å². The number of hydrogen-bond donors (Lipinski definition) is 0. The van der Waals surface area contributed by atoms with Crippen LogP contribution < -0.4 is 0 Å². The Balaban J connectivity index is 1.66. The number of aldehydes is 1. The third-order valence-corrected chi connectivity index (χ3v) is 6.41. The molecule has 0 aliphatic rings. The van der Waals surface area contributed by atoms with Gasteiger partial charge in [0.1, 0.15) is 0 Å². The highest BCUT2D eigenvalue weighted by atomic mass is 32.2. The van der Waals surface area contributed by atoms with Crippen LogP contribution in [0.5, 0.6) is 0 Å². The Morgan fingerprint density at radius 1 is 1.23 bits per heavy atom. The number of hydrogen-bond acceptors (Lipinski definition) is 5. The van der Waals surface area contributed by atoms with Gasteiger partial charge in [-0.05, 0) is 42.8 Å². The standard InChI is InChI=1S/C17H17NOS3/c1-2-3-16-18-13(11-22-16)6-8-20-15-5-4-12(10-19)17-14(15)7-9-21-17/h4-5,7,9-11H,2-3,6,8H2,1H3. The molecule has 2 nitrogen and oxygen atoms in total. The second kappa shape index (κ2) is 7.40. The van der Waals surface area contributed by atoms with Gasteiger partial charge in [0.25, 0.3) is 0 Å². The maximum absolute atomic E-state index is 11.1. The number of rotatable bonds is 7. The normalized spacial score (nSPS) is 11.1. The van der Waals surface area contributed by atoms with Crippen LogP contribution in [0.3, 0.4) is 0 Å². The summed E-state index contributed by atoms with van der Waals surface area (Å²) in [6.45, 7) is 2.19. The molecule has 22 heavy (non-hydrogen) atoms. The minimum Gasteiger partial charge on any atom is -0.298 e. The molecule has 2 aromatic heterocycles. The summed E-state index contributed by atoms with van der Waals surface area (Å²) in [4.78, 5) is 17.0. The van der Waals surface area contributed by atoms with E-state index < -0.39 is 0 Å². The van der Waals surface area contributed by atoms with Gasteiger partial charge >= 0.3 is 0 Å². The summed E-state index contributed by atoms with van der Waals surface area (Å²) in [5.74, 6) is 1.01. The van der Waals surface area contributed by atoms with E-state index in [1.165, 1.54) is 21.0 Å². The van der Waals surface area contributed by atoms with E-state index in [1.807, 2.05) is 17.8 Å². The van der Waals surface area contributed by atoms with Crippen LogP contribution in [-0.2, 0) is 12.8 Å². The minimum absolute atomic E-state index is 0.790. The highest BCUT2D eigenvalue weighted by Crippen LogP contribution is 2.33. The van der Waals surface area contributed by atoms with Crippen molar-refractivity contribution in [2.24, 2.45) is 0 Å². The number of benzene rings is 1. The molecule has 0 saturated heterocycles. The molecule has 0 unspecified atom stereocenters. The SMILES string of the molecule is CCCc1nc(CCSc2ccc(C=O)c3sccc23)cs1. The summed E-state index contributed by atoms with van der Waals surface area (Å²) in [7, 11) is 0. The summed E-state index contributed by atoms with van der Waals surface area (Å²) < 4.78 is 1.10. The predicted molar refractivity (Wildman–Crippen MR) is 97.7 cm³/mol. The van der Waals surface area contributed by atoms with E-state index in [1.54, 1.807) is 22.7 Å². The summed E-state index contributed by atoms with van der Waals surface area (Å²) in [5.41, 5.74) is 1.99. The van der Waals surface area contributed by atoms with Crippen molar-refractivity contribution in [3.8, 4) is 0 Å². The molecule has 114 valence electrons. The van der Waals surface area contributed by atoms with Crippen molar-refractivity contribution < 1.29 is 4.79 Å². The van der Waals surface area contributed by atoms with Crippen LogP contribution in [0.2, 0.25) is 0 Å². The number of nitrogens with zero attached hydrogens (tertiary/aromatic N) is 1. The molecular formula is C17H17NOS3. The lowest BCUT2D eigenvalue weighted by atomic mass is 10.2. The number of thiophene rings is 1. The number of carbonyl (C=O) groups is 1. The van der Waals surface area contributed by atoms with Crippen LogP contribution >= 0.6 is 34.4 Å². The summed E-state index contributed by atoms with van der Waals surface area (Å²) >= 11 is 5.25. The van der Waals surface area contributed by atoms with Crippen LogP contribution in [0.15, 0.2) is 33.9 Å². The van der Waals surface area contributed by atoms with E-state index in [0.29, 0.717) is 0 Å². The Morgan fingerprint density at radius 3 is 2.95 bits per heavy atom. The fraction of sp³-hybridized carbons (Fsp3) is 0.294. The van der Waals surface area contributed by atoms with Crippen LogP contribution in [-0.4, -0.2) is 17.0 Å². The molecule has 0 radical (unpaired) electrons. The second-order valence-corrected chi connectivity index (χ2v) is 8.01. The molecule has 0 aliphatic carbocycles. The molecule has 2 heterocycles. The number of thioether (sulfide) groups is 1. The largest absolute Gasteiger partial charge is 0.298 e. The quantitative estimate of drug-likeness (QED) is 0.420. The monoisotopic (exact) mass is 347 g/mol. The highest BCUT2D eigenvalue weighted by molar-refractivity contribution is 7.99. The molecule has 5 heteroatoms. The molecule has 3 aromatic rings. The van der Waals surface area contributed by atoms with Crippen LogP contribution in [0.25, 0.3) is 10.1 Å². The van der Waals surface area contributed by atoms with Gasteiger partial charge in [0.2, 0.25) is 0 Å². The van der Waals surface area contributed by atoms with Crippen LogP contribution in [0.1, 0.15) is 34.4 Å². The lowest BCUT2D eigenvalue weighted by Crippen LogP contribution is -1.91. The summed E-state index contributed by atoms with van der Waals surface area (Å²) in [5, 5.41) is 6.68. The van der Waals surface area contributed by atoms with Crippen molar-refractivity contribution in [1.82, 2.24) is 4.98 Å². The lowest BCUT2D eigenvalue weighted by molar-refractivity contribution is 0.112. The number of carbonyl (C=O) groups excluding carboxylic acids is 1. The Morgan fingerprint density at radius 2 is 2.14 bits per heavy atom. The van der Waals surface area contributed by atoms with E-state index >= 15 is 0 Å². The molecule has 0 amide bonds. The van der Waals surface area contributed by atoms with Crippen molar-refractivity contribution in [2.45, 2.75) is 31.1 Å². The zero-order valence-electron chi connectivity index (χ0n) is 12.4. The molecule has 0 fully saturated rings. The topological polar surface area (TPSA) is 30.0 Å². The Hall–Kier alpha value is -1.17. The van der Waals surface area contributed by atoms with Gasteiger partial charge in [0, 0.05) is 31.7 Å². The smallest absolute Gasteiger partial charge is 0.151 e. The first-order valence-electron chi connectivity index (χ1n) is 7.33. The van der Waals surface area contributed by atoms with Gasteiger partial charge in [0.05, 0.1) is 10.7 Å². The first-order chi connectivity index (χ1) is 10.8. The second-order valence-electron chi connectivity index (χ2n) is 5.02. The number of fused-ring (bicyclic) bond motifs is 1. The first kappa shape index (κ1) is 15.7. The average Bonchev–Trinajstić information content (AvgIpc) is 3.17. The van der Waals surface area contributed by atoms with Crippen molar-refractivity contribution in [1.29, 1.82) is 0 Å². The zero-order valence-corrected chi connectivity index (χ0v) is 14.8. The fourth-order valence-corrected chi connectivity index (χ4v) is 5.25. The van der Waals surface area contributed by atoms with Gasteiger partial charge in [-0.25, -0.2) is 4.98 Å². The van der Waals surface area contributed by atoms with Crippen molar-refractivity contribution in [2.75, 3.05) is 5.75 Å². The molecule has 3 rings (SSSR count). The van der Waals surface area contributed by atoms with E-state index in [9.17, 15) is 4.79 Å². The Bertz CT molecular complexity index is 775. The summed E-state index contributed by atoms with van der Waals surface area (Å²) in [6, 6.07) is 6.10. The van der Waals surface area contributed by atoms with Crippen LogP contribution in [0, 0.1) is 0 Å². The number of aryl methyl sites for hydroxylation is 2. The Kier molecular flexibility index (Phi) is 5.28. The van der Waals surface area contributed by atoms with E-state index in [2.05, 4.69) is 34.8 Å². The third kappa shape index (κ3) is 3.42. The molecular weight excluding hydrogens is 330 g/mol. The molecule has 1 aromatic carbocycles. The molecule has 0 atom stereocenters. The number of thiazole rings is 1. The lowest BCUT2D eigenvalue weighted by Gasteiger charge is -2.04. The van der Waals surface area contributed by atoms with Gasteiger partial charge in [-0.2, -0.15) is 0 Å². The van der Waals surface area contributed by atoms with Gasteiger partial charge in [-0.15, -0.1) is 34.4 Å². The zero-order chi connectivity index (χ0) is 15.4. The average molecular weight is 348 g/mol. The van der Waals surface area contributed by atoms with Gasteiger partial charge < -0.3 is 0 Å². The van der Waals surface area contributed by atoms with Gasteiger partial charge in [0.15, 0.2) is 6.29 Å². The first-order valence-corrected chi connectivity index (χ1v) is 10.1. The van der Waals surface area contributed by atoms with E-state index in [4.69, 9.17) is 0 Å². The third-order valence-electron chi connectivity index (χ3n) is 3.41. The molecule has 0 aliphatic heterocycles. The molecule has 0 spiro atoms.